The number of methoxy groups -OCH3 is 1. The van der Waals surface area contributed by atoms with E-state index in [-0.39, 0.29) is 6.61 Å². The number of para-hydroxylation sites is 1. The predicted octanol–water partition coefficient (Wildman–Crippen LogP) is 2.38. The van der Waals surface area contributed by atoms with Gasteiger partial charge in [0, 0.05) is 12.5 Å². The zero-order chi connectivity index (χ0) is 13.8. The zero-order valence-corrected chi connectivity index (χ0v) is 11.9. The quantitative estimate of drug-likeness (QED) is 0.852. The molecule has 0 aliphatic heterocycles. The van der Waals surface area contributed by atoms with Crippen LogP contribution in [0.5, 0.6) is 0 Å². The second-order valence-corrected chi connectivity index (χ2v) is 4.86. The van der Waals surface area contributed by atoms with Gasteiger partial charge in [0.15, 0.2) is 0 Å². The molecule has 1 aromatic carbocycles. The molecule has 0 saturated heterocycles. The van der Waals surface area contributed by atoms with Crippen molar-refractivity contribution in [2.45, 2.75) is 12.6 Å². The van der Waals surface area contributed by atoms with Crippen molar-refractivity contribution in [3.8, 4) is 0 Å². The van der Waals surface area contributed by atoms with Gasteiger partial charge in [-0.1, -0.05) is 12.1 Å². The Bertz CT molecular complexity index is 581. The maximum atomic E-state index is 11.0. The fourth-order valence-corrected chi connectivity index (χ4v) is 2.33. The molecule has 1 aromatic heterocycles. The van der Waals surface area contributed by atoms with Crippen molar-refractivity contribution in [3.63, 3.8) is 0 Å². The lowest BCUT2D eigenvalue weighted by molar-refractivity contribution is -0.140. The Hall–Kier alpha value is -1.37. The van der Waals surface area contributed by atoms with Crippen LogP contribution in [0.3, 0.4) is 0 Å². The Kier molecular flexibility index (Phi) is 4.57. The van der Waals surface area contributed by atoms with Crippen LogP contribution in [-0.2, 0) is 16.1 Å². The van der Waals surface area contributed by atoms with E-state index in [4.69, 9.17) is 14.3 Å². The Morgan fingerprint density at radius 2 is 2.26 bits per heavy atom. The lowest BCUT2D eigenvalue weighted by Gasteiger charge is -2.12. The van der Waals surface area contributed by atoms with Crippen LogP contribution in [0.2, 0.25) is 0 Å². The predicted molar refractivity (Wildman–Crippen MR) is 74.1 cm³/mol. The second kappa shape index (κ2) is 6.18. The summed E-state index contributed by atoms with van der Waals surface area (Å²) < 4.78 is 11.4. The van der Waals surface area contributed by atoms with Crippen molar-refractivity contribution in [3.05, 3.63) is 34.5 Å². The van der Waals surface area contributed by atoms with Gasteiger partial charge in [-0.05, 0) is 28.1 Å². The minimum atomic E-state index is -0.950. The molecule has 2 aromatic rings. The SMILES string of the molecule is COCC(NCc1oc2ccccc2c1Br)C(=O)O. The molecule has 0 saturated carbocycles. The largest absolute Gasteiger partial charge is 0.480 e. The van der Waals surface area contributed by atoms with Gasteiger partial charge in [0.05, 0.1) is 17.6 Å². The van der Waals surface area contributed by atoms with Crippen LogP contribution in [0.15, 0.2) is 33.2 Å². The molecule has 6 heteroatoms. The molecule has 0 aliphatic carbocycles. The molecule has 2 N–H and O–H groups in total. The van der Waals surface area contributed by atoms with Gasteiger partial charge in [0.1, 0.15) is 17.4 Å². The maximum Gasteiger partial charge on any atom is 0.323 e. The number of benzene rings is 1. The van der Waals surface area contributed by atoms with Crippen molar-refractivity contribution in [2.24, 2.45) is 0 Å². The number of rotatable bonds is 6. The van der Waals surface area contributed by atoms with E-state index in [0.29, 0.717) is 12.3 Å². The average molecular weight is 328 g/mol. The van der Waals surface area contributed by atoms with E-state index < -0.39 is 12.0 Å². The molecule has 0 fully saturated rings. The zero-order valence-electron chi connectivity index (χ0n) is 10.4. The molecule has 1 heterocycles. The Morgan fingerprint density at radius 1 is 1.53 bits per heavy atom. The summed E-state index contributed by atoms with van der Waals surface area (Å²) in [5.41, 5.74) is 0.768. The number of carbonyl (C=O) groups is 1. The molecule has 1 atom stereocenters. The highest BCUT2D eigenvalue weighted by Crippen LogP contribution is 2.30. The van der Waals surface area contributed by atoms with Gasteiger partial charge in [-0.3, -0.25) is 10.1 Å². The first kappa shape index (κ1) is 14.0. The van der Waals surface area contributed by atoms with Gasteiger partial charge >= 0.3 is 5.97 Å². The first-order valence-electron chi connectivity index (χ1n) is 5.74. The minimum absolute atomic E-state index is 0.104. The highest BCUT2D eigenvalue weighted by molar-refractivity contribution is 9.10. The van der Waals surface area contributed by atoms with E-state index in [9.17, 15) is 4.79 Å². The van der Waals surface area contributed by atoms with Crippen molar-refractivity contribution in [1.82, 2.24) is 5.32 Å². The number of nitrogens with one attached hydrogen (secondary N) is 1. The molecule has 0 aliphatic rings. The molecular formula is C13H14BrNO4. The normalized spacial score (nSPS) is 12.7. The number of hydrogen-bond donors (Lipinski definition) is 2. The van der Waals surface area contributed by atoms with Gasteiger partial charge in [-0.2, -0.15) is 0 Å². The third-order valence-corrected chi connectivity index (χ3v) is 3.61. The first-order chi connectivity index (χ1) is 9.13. The number of carboxylic acid groups (broad SMARTS) is 1. The Labute approximate surface area is 118 Å². The summed E-state index contributed by atoms with van der Waals surface area (Å²) in [6.45, 7) is 0.419. The van der Waals surface area contributed by atoms with Crippen LogP contribution in [0.1, 0.15) is 5.76 Å². The fraction of sp³-hybridized carbons (Fsp3) is 0.308. The number of aliphatic carboxylic acids is 1. The standard InChI is InChI=1S/C13H14BrNO4/c1-18-7-9(13(16)17)15-6-11-12(14)8-4-2-3-5-10(8)19-11/h2-5,9,15H,6-7H2,1H3,(H,16,17). The monoisotopic (exact) mass is 327 g/mol. The summed E-state index contributed by atoms with van der Waals surface area (Å²) in [6.07, 6.45) is 0. The third-order valence-electron chi connectivity index (χ3n) is 2.74. The van der Waals surface area contributed by atoms with E-state index in [2.05, 4.69) is 21.2 Å². The molecule has 1 unspecified atom stereocenters. The van der Waals surface area contributed by atoms with Crippen LogP contribution in [0.25, 0.3) is 11.0 Å². The van der Waals surface area contributed by atoms with E-state index in [1.54, 1.807) is 0 Å². The van der Waals surface area contributed by atoms with Crippen molar-refractivity contribution < 1.29 is 19.1 Å². The summed E-state index contributed by atoms with van der Waals surface area (Å²) >= 11 is 3.47. The third kappa shape index (κ3) is 3.15. The molecule has 0 amide bonds. The second-order valence-electron chi connectivity index (χ2n) is 4.06. The Balaban J connectivity index is 2.13. The number of carboxylic acids is 1. The van der Waals surface area contributed by atoms with Crippen LogP contribution < -0.4 is 5.32 Å². The van der Waals surface area contributed by atoms with Crippen LogP contribution in [0, 0.1) is 0 Å². The maximum absolute atomic E-state index is 11.0. The highest BCUT2D eigenvalue weighted by atomic mass is 79.9. The smallest absolute Gasteiger partial charge is 0.323 e. The number of halogens is 1. The molecule has 0 spiro atoms. The van der Waals surface area contributed by atoms with Gasteiger partial charge in [0.25, 0.3) is 0 Å². The average Bonchev–Trinajstić information content (AvgIpc) is 2.72. The van der Waals surface area contributed by atoms with Crippen LogP contribution in [0.4, 0.5) is 0 Å². The minimum Gasteiger partial charge on any atom is -0.480 e. The van der Waals surface area contributed by atoms with E-state index in [1.165, 1.54) is 7.11 Å². The van der Waals surface area contributed by atoms with Crippen molar-refractivity contribution >= 4 is 32.9 Å². The molecule has 0 radical (unpaired) electrons. The van der Waals surface area contributed by atoms with Gasteiger partial charge in [0.2, 0.25) is 0 Å². The summed E-state index contributed by atoms with van der Waals surface area (Å²) in [5, 5.41) is 12.9. The van der Waals surface area contributed by atoms with Crippen molar-refractivity contribution in [2.75, 3.05) is 13.7 Å². The molecule has 0 bridgehead atoms. The van der Waals surface area contributed by atoms with Gasteiger partial charge in [-0.15, -0.1) is 0 Å². The van der Waals surface area contributed by atoms with Crippen LogP contribution in [-0.4, -0.2) is 30.8 Å². The van der Waals surface area contributed by atoms with E-state index >= 15 is 0 Å². The fourth-order valence-electron chi connectivity index (χ4n) is 1.78. The number of ether oxygens (including phenoxy) is 1. The lowest BCUT2D eigenvalue weighted by atomic mass is 10.2. The summed E-state index contributed by atoms with van der Waals surface area (Å²) in [5.74, 6) is -0.280. The van der Waals surface area contributed by atoms with Gasteiger partial charge < -0.3 is 14.3 Å². The molecule has 5 nitrogen and oxygen atoms in total. The highest BCUT2D eigenvalue weighted by Gasteiger charge is 2.18. The first-order valence-corrected chi connectivity index (χ1v) is 6.53. The van der Waals surface area contributed by atoms with Crippen LogP contribution >= 0.6 is 15.9 Å². The topological polar surface area (TPSA) is 71.7 Å². The molecular weight excluding hydrogens is 314 g/mol. The molecule has 2 rings (SSSR count). The van der Waals surface area contributed by atoms with Gasteiger partial charge in [-0.25, -0.2) is 0 Å². The van der Waals surface area contributed by atoms with E-state index in [0.717, 1.165) is 15.4 Å². The number of hydrogen-bond acceptors (Lipinski definition) is 4. The Morgan fingerprint density at radius 3 is 2.89 bits per heavy atom. The summed E-state index contributed by atoms with van der Waals surface area (Å²) in [6, 6.07) is 6.86. The summed E-state index contributed by atoms with van der Waals surface area (Å²) in [4.78, 5) is 11.0. The van der Waals surface area contributed by atoms with E-state index in [1.807, 2.05) is 24.3 Å². The lowest BCUT2D eigenvalue weighted by Crippen LogP contribution is -2.39. The molecule has 102 valence electrons. The summed E-state index contributed by atoms with van der Waals surface area (Å²) in [7, 11) is 1.47. The number of furan rings is 1. The van der Waals surface area contributed by atoms with Crippen molar-refractivity contribution in [1.29, 1.82) is 0 Å². The molecule has 19 heavy (non-hydrogen) atoms. The number of fused-ring (bicyclic) bond motifs is 1.